The Balaban J connectivity index is 1.74. The molecular formula is C17H18N4O6S. The first kappa shape index (κ1) is 19.6. The van der Waals surface area contributed by atoms with E-state index in [1.165, 1.54) is 17.8 Å². The third-order valence-corrected chi connectivity index (χ3v) is 4.81. The smallest absolute Gasteiger partial charge is 0.355 e. The highest BCUT2D eigenvalue weighted by Crippen LogP contribution is 2.25. The summed E-state index contributed by atoms with van der Waals surface area (Å²) in [5, 5.41) is 12.9. The number of ether oxygens (including phenoxy) is 2. The average molecular weight is 406 g/mol. The molecule has 2 heterocycles. The first-order valence-electron chi connectivity index (χ1n) is 8.07. The standard InChI is InChI=1S/C17H18N4O6S/c1-10(26-17(22)14-8-13(9-21(14)2)28(18,23)24)15-19-20-16(27-15)11-4-6-12(25-3)7-5-11/h4-10H,1-3H3,(H2,18,23,24). The lowest BCUT2D eigenvalue weighted by Crippen LogP contribution is -2.13. The van der Waals surface area contributed by atoms with Crippen LogP contribution in [0.3, 0.4) is 0 Å². The van der Waals surface area contributed by atoms with Gasteiger partial charge >= 0.3 is 5.97 Å². The second kappa shape index (κ2) is 7.44. The molecule has 0 spiro atoms. The van der Waals surface area contributed by atoms with Gasteiger partial charge in [-0.2, -0.15) is 0 Å². The molecule has 1 aromatic carbocycles. The van der Waals surface area contributed by atoms with Crippen LogP contribution >= 0.6 is 0 Å². The van der Waals surface area contributed by atoms with E-state index < -0.39 is 22.1 Å². The van der Waals surface area contributed by atoms with Gasteiger partial charge in [-0.25, -0.2) is 18.4 Å². The number of sulfonamides is 1. The molecule has 0 fully saturated rings. The summed E-state index contributed by atoms with van der Waals surface area (Å²) in [5.41, 5.74) is 0.698. The van der Waals surface area contributed by atoms with Crippen molar-refractivity contribution < 1.29 is 27.1 Å². The molecule has 0 radical (unpaired) electrons. The monoisotopic (exact) mass is 406 g/mol. The molecule has 0 amide bonds. The van der Waals surface area contributed by atoms with Crippen LogP contribution in [0.4, 0.5) is 0 Å². The predicted octanol–water partition coefficient (Wildman–Crippen LogP) is 1.65. The lowest BCUT2D eigenvalue weighted by Gasteiger charge is -2.09. The van der Waals surface area contributed by atoms with Crippen molar-refractivity contribution in [2.45, 2.75) is 17.9 Å². The van der Waals surface area contributed by atoms with Crippen molar-refractivity contribution in [2.24, 2.45) is 12.2 Å². The van der Waals surface area contributed by atoms with E-state index in [-0.39, 0.29) is 22.4 Å². The van der Waals surface area contributed by atoms with E-state index in [9.17, 15) is 13.2 Å². The predicted molar refractivity (Wildman–Crippen MR) is 96.9 cm³/mol. The summed E-state index contributed by atoms with van der Waals surface area (Å²) in [6, 6.07) is 8.15. The Morgan fingerprint density at radius 1 is 1.25 bits per heavy atom. The van der Waals surface area contributed by atoms with E-state index in [0.717, 1.165) is 6.07 Å². The topological polar surface area (TPSA) is 140 Å². The van der Waals surface area contributed by atoms with Crippen LogP contribution in [-0.4, -0.2) is 36.3 Å². The molecule has 11 heteroatoms. The van der Waals surface area contributed by atoms with Crippen molar-refractivity contribution in [3.63, 3.8) is 0 Å². The molecule has 0 aliphatic rings. The van der Waals surface area contributed by atoms with Gasteiger partial charge < -0.3 is 18.5 Å². The number of nitrogens with two attached hydrogens (primary N) is 1. The van der Waals surface area contributed by atoms with E-state index >= 15 is 0 Å². The molecule has 0 saturated heterocycles. The van der Waals surface area contributed by atoms with Crippen LogP contribution < -0.4 is 9.88 Å². The number of carbonyl (C=O) groups is 1. The zero-order valence-electron chi connectivity index (χ0n) is 15.3. The molecule has 2 N–H and O–H groups in total. The van der Waals surface area contributed by atoms with Gasteiger partial charge in [0.05, 0.1) is 7.11 Å². The number of hydrogen-bond donors (Lipinski definition) is 1. The van der Waals surface area contributed by atoms with Crippen molar-refractivity contribution in [2.75, 3.05) is 7.11 Å². The molecule has 1 unspecified atom stereocenters. The molecule has 0 aliphatic heterocycles. The van der Waals surface area contributed by atoms with Gasteiger partial charge in [0.15, 0.2) is 6.10 Å². The summed E-state index contributed by atoms with van der Waals surface area (Å²) in [6.07, 6.45) is 0.380. The van der Waals surface area contributed by atoms with Gasteiger partial charge in [0.2, 0.25) is 15.9 Å². The number of benzene rings is 1. The fourth-order valence-corrected chi connectivity index (χ4v) is 2.99. The lowest BCUT2D eigenvalue weighted by atomic mass is 10.2. The Labute approximate surface area is 160 Å². The Bertz CT molecular complexity index is 1100. The van der Waals surface area contributed by atoms with Gasteiger partial charge in [0.1, 0.15) is 16.3 Å². The molecule has 0 aliphatic carbocycles. The van der Waals surface area contributed by atoms with Gasteiger partial charge in [-0.05, 0) is 37.3 Å². The van der Waals surface area contributed by atoms with Crippen molar-refractivity contribution in [3.8, 4) is 17.2 Å². The zero-order chi connectivity index (χ0) is 20.5. The zero-order valence-corrected chi connectivity index (χ0v) is 16.1. The molecular weight excluding hydrogens is 388 g/mol. The first-order valence-corrected chi connectivity index (χ1v) is 9.61. The van der Waals surface area contributed by atoms with Crippen molar-refractivity contribution in [1.82, 2.24) is 14.8 Å². The lowest BCUT2D eigenvalue weighted by molar-refractivity contribution is 0.0269. The molecule has 0 bridgehead atoms. The number of aryl methyl sites for hydroxylation is 1. The fourth-order valence-electron chi connectivity index (χ4n) is 2.41. The molecule has 3 rings (SSSR count). The quantitative estimate of drug-likeness (QED) is 0.610. The number of nitrogens with zero attached hydrogens (tertiary/aromatic N) is 3. The first-order chi connectivity index (χ1) is 13.2. The molecule has 2 aromatic heterocycles. The molecule has 28 heavy (non-hydrogen) atoms. The number of aromatic nitrogens is 3. The van der Waals surface area contributed by atoms with Gasteiger partial charge in [-0.15, -0.1) is 10.2 Å². The SMILES string of the molecule is COc1ccc(-c2nnc(C(C)OC(=O)c3cc(S(N)(=O)=O)cn3C)o2)cc1. The number of esters is 1. The van der Waals surface area contributed by atoms with E-state index in [2.05, 4.69) is 10.2 Å². The minimum atomic E-state index is -3.93. The molecule has 10 nitrogen and oxygen atoms in total. The van der Waals surface area contributed by atoms with E-state index in [1.807, 2.05) is 0 Å². The third-order valence-electron chi connectivity index (χ3n) is 3.93. The van der Waals surface area contributed by atoms with Crippen LogP contribution in [0.25, 0.3) is 11.5 Å². The maximum Gasteiger partial charge on any atom is 0.355 e. The van der Waals surface area contributed by atoms with E-state index in [1.54, 1.807) is 38.3 Å². The summed E-state index contributed by atoms with van der Waals surface area (Å²) in [7, 11) is -0.861. The van der Waals surface area contributed by atoms with Crippen molar-refractivity contribution >= 4 is 16.0 Å². The van der Waals surface area contributed by atoms with E-state index in [0.29, 0.717) is 11.3 Å². The number of methoxy groups -OCH3 is 1. The summed E-state index contributed by atoms with van der Waals surface area (Å²) < 4.78 is 40.1. The number of rotatable bonds is 6. The van der Waals surface area contributed by atoms with Crippen LogP contribution in [0.1, 0.15) is 29.4 Å². The average Bonchev–Trinajstić information content (AvgIpc) is 3.28. The normalized spacial score (nSPS) is 12.6. The van der Waals surface area contributed by atoms with Crippen LogP contribution in [0.2, 0.25) is 0 Å². The second-order valence-electron chi connectivity index (χ2n) is 5.94. The van der Waals surface area contributed by atoms with Crippen molar-refractivity contribution in [3.05, 3.63) is 48.1 Å². The molecule has 148 valence electrons. The minimum Gasteiger partial charge on any atom is -0.497 e. The molecule has 1 atom stereocenters. The number of hydrogen-bond acceptors (Lipinski definition) is 8. The van der Waals surface area contributed by atoms with Crippen LogP contribution in [0, 0.1) is 0 Å². The molecule has 3 aromatic rings. The summed E-state index contributed by atoms with van der Waals surface area (Å²) in [4.78, 5) is 12.2. The summed E-state index contributed by atoms with van der Waals surface area (Å²) >= 11 is 0. The van der Waals surface area contributed by atoms with E-state index in [4.69, 9.17) is 19.0 Å². The second-order valence-corrected chi connectivity index (χ2v) is 7.50. The largest absolute Gasteiger partial charge is 0.497 e. The Kier molecular flexibility index (Phi) is 5.21. The Hall–Kier alpha value is -3.18. The molecule has 0 saturated carbocycles. The fraction of sp³-hybridized carbons (Fsp3) is 0.235. The van der Waals surface area contributed by atoms with Crippen LogP contribution in [0.5, 0.6) is 5.75 Å². The summed E-state index contributed by atoms with van der Waals surface area (Å²) in [5.74, 6) is 0.289. The van der Waals surface area contributed by atoms with Gasteiger partial charge in [0.25, 0.3) is 5.89 Å². The highest BCUT2D eigenvalue weighted by atomic mass is 32.2. The van der Waals surface area contributed by atoms with Crippen LogP contribution in [0.15, 0.2) is 45.8 Å². The van der Waals surface area contributed by atoms with Crippen molar-refractivity contribution in [1.29, 1.82) is 0 Å². The third kappa shape index (κ3) is 4.05. The highest BCUT2D eigenvalue weighted by molar-refractivity contribution is 7.89. The maximum absolute atomic E-state index is 12.4. The van der Waals surface area contributed by atoms with Gasteiger partial charge in [-0.3, -0.25) is 0 Å². The number of carbonyl (C=O) groups excluding carboxylic acids is 1. The maximum atomic E-state index is 12.4. The summed E-state index contributed by atoms with van der Waals surface area (Å²) in [6.45, 7) is 1.56. The van der Waals surface area contributed by atoms with Gasteiger partial charge in [-0.1, -0.05) is 0 Å². The highest BCUT2D eigenvalue weighted by Gasteiger charge is 2.23. The Morgan fingerprint density at radius 3 is 2.50 bits per heavy atom. The number of primary sulfonamides is 1. The van der Waals surface area contributed by atoms with Gasteiger partial charge in [0, 0.05) is 18.8 Å². The Morgan fingerprint density at radius 2 is 1.93 bits per heavy atom. The van der Waals surface area contributed by atoms with Crippen LogP contribution in [-0.2, 0) is 21.8 Å². The minimum absolute atomic E-state index is 0.0192.